The van der Waals surface area contributed by atoms with Gasteiger partial charge in [-0.15, -0.1) is 0 Å². The van der Waals surface area contributed by atoms with Crippen molar-refractivity contribution in [1.29, 1.82) is 0 Å². The van der Waals surface area contributed by atoms with Crippen LogP contribution in [0.4, 0.5) is 0 Å². The van der Waals surface area contributed by atoms with Crippen LogP contribution in [0.5, 0.6) is 0 Å². The van der Waals surface area contributed by atoms with E-state index in [0.717, 1.165) is 5.56 Å². The Labute approximate surface area is 125 Å². The van der Waals surface area contributed by atoms with Crippen molar-refractivity contribution in [3.63, 3.8) is 0 Å². The Bertz CT molecular complexity index is 711. The minimum Gasteiger partial charge on any atom is -0.355 e. The Balaban J connectivity index is 2.37. The summed E-state index contributed by atoms with van der Waals surface area (Å²) in [5, 5.41) is 3.33. The molecule has 2 aromatic rings. The van der Waals surface area contributed by atoms with Gasteiger partial charge in [0.15, 0.2) is 0 Å². The number of nitrogens with one attached hydrogen (secondary N) is 1. The van der Waals surface area contributed by atoms with E-state index in [-0.39, 0.29) is 11.1 Å². The van der Waals surface area contributed by atoms with Gasteiger partial charge in [0.1, 0.15) is 5.56 Å². The van der Waals surface area contributed by atoms with Crippen molar-refractivity contribution in [3.8, 4) is 0 Å². The monoisotopic (exact) mass is 310 g/mol. The Morgan fingerprint density at radius 1 is 1.25 bits per heavy atom. The minimum atomic E-state index is -0.404. The highest BCUT2D eigenvalue weighted by molar-refractivity contribution is 6.42. The van der Waals surface area contributed by atoms with Crippen LogP contribution in [-0.4, -0.2) is 17.5 Å². The topological polar surface area (TPSA) is 51.1 Å². The van der Waals surface area contributed by atoms with Gasteiger partial charge in [-0.25, -0.2) is 0 Å². The molecule has 0 atom stereocenters. The Morgan fingerprint density at radius 3 is 2.65 bits per heavy atom. The van der Waals surface area contributed by atoms with Crippen LogP contribution in [0.2, 0.25) is 10.0 Å². The molecule has 0 aliphatic heterocycles. The van der Waals surface area contributed by atoms with Gasteiger partial charge < -0.3 is 9.88 Å². The lowest BCUT2D eigenvalue weighted by Crippen LogP contribution is -2.31. The summed E-state index contributed by atoms with van der Waals surface area (Å²) < 4.78 is 1.45. The first kappa shape index (κ1) is 14.6. The lowest BCUT2D eigenvalue weighted by molar-refractivity contribution is 0.0961. The summed E-state index contributed by atoms with van der Waals surface area (Å²) >= 11 is 11.8. The van der Waals surface area contributed by atoms with Crippen LogP contribution in [0.1, 0.15) is 15.9 Å². The smallest absolute Gasteiger partial charge is 0.263 e. The molecule has 1 aromatic heterocycles. The van der Waals surface area contributed by atoms with Crippen LogP contribution in [0.3, 0.4) is 0 Å². The maximum absolute atomic E-state index is 12.2. The number of carbonyl (C=O) groups is 1. The van der Waals surface area contributed by atoms with Gasteiger partial charge in [-0.05, 0) is 29.8 Å². The van der Waals surface area contributed by atoms with Gasteiger partial charge in [-0.2, -0.15) is 0 Å². The molecule has 0 saturated heterocycles. The zero-order valence-corrected chi connectivity index (χ0v) is 12.2. The number of aromatic nitrogens is 1. The van der Waals surface area contributed by atoms with Crippen LogP contribution >= 0.6 is 23.2 Å². The van der Waals surface area contributed by atoms with E-state index in [1.165, 1.54) is 17.7 Å². The van der Waals surface area contributed by atoms with Crippen molar-refractivity contribution in [3.05, 3.63) is 68.1 Å². The molecule has 0 unspecified atom stereocenters. The third-order valence-corrected chi connectivity index (χ3v) is 3.57. The summed E-state index contributed by atoms with van der Waals surface area (Å²) in [6.07, 6.45) is 1.62. The Hall–Kier alpha value is -1.78. The van der Waals surface area contributed by atoms with E-state index in [2.05, 4.69) is 5.32 Å². The van der Waals surface area contributed by atoms with Crippen molar-refractivity contribution in [2.24, 2.45) is 0 Å². The summed E-state index contributed by atoms with van der Waals surface area (Å²) in [6.45, 7) is 0.320. The average Bonchev–Trinajstić information content (AvgIpc) is 2.44. The van der Waals surface area contributed by atoms with Gasteiger partial charge in [-0.1, -0.05) is 29.3 Å². The Kier molecular flexibility index (Phi) is 4.47. The molecule has 0 aliphatic rings. The SMILES string of the molecule is CNC(=O)c1cccn(Cc2ccc(Cl)c(Cl)c2)c1=O. The molecule has 20 heavy (non-hydrogen) atoms. The summed E-state index contributed by atoms with van der Waals surface area (Å²) in [5.74, 6) is -0.404. The van der Waals surface area contributed by atoms with E-state index in [1.54, 1.807) is 30.5 Å². The number of halogens is 2. The number of amides is 1. The third-order valence-electron chi connectivity index (χ3n) is 2.83. The average molecular weight is 311 g/mol. The highest BCUT2D eigenvalue weighted by Crippen LogP contribution is 2.22. The van der Waals surface area contributed by atoms with Crippen LogP contribution < -0.4 is 10.9 Å². The van der Waals surface area contributed by atoms with E-state index in [0.29, 0.717) is 16.6 Å². The fourth-order valence-corrected chi connectivity index (χ4v) is 2.12. The summed E-state index contributed by atoms with van der Waals surface area (Å²) in [4.78, 5) is 23.7. The van der Waals surface area contributed by atoms with Crippen LogP contribution in [0, 0.1) is 0 Å². The predicted molar refractivity (Wildman–Crippen MR) is 79.7 cm³/mol. The number of hydrogen-bond donors (Lipinski definition) is 1. The second kappa shape index (κ2) is 6.11. The second-order valence-electron chi connectivity index (χ2n) is 4.18. The number of hydrogen-bond acceptors (Lipinski definition) is 2. The predicted octanol–water partition coefficient (Wildman–Crippen LogP) is 2.56. The molecular formula is C14H12Cl2N2O2. The summed E-state index contributed by atoms with van der Waals surface area (Å²) in [7, 11) is 1.48. The largest absolute Gasteiger partial charge is 0.355 e. The number of pyridine rings is 1. The van der Waals surface area contributed by atoms with E-state index < -0.39 is 5.91 Å². The first-order valence-corrected chi connectivity index (χ1v) is 6.64. The molecule has 1 N–H and O–H groups in total. The number of nitrogens with zero attached hydrogens (tertiary/aromatic N) is 1. The van der Waals surface area contributed by atoms with Crippen molar-refractivity contribution in [1.82, 2.24) is 9.88 Å². The van der Waals surface area contributed by atoms with Crippen molar-refractivity contribution < 1.29 is 4.79 Å². The molecule has 1 amide bonds. The number of benzene rings is 1. The van der Waals surface area contributed by atoms with Gasteiger partial charge >= 0.3 is 0 Å². The molecule has 0 radical (unpaired) electrons. The fourth-order valence-electron chi connectivity index (χ4n) is 1.80. The van der Waals surface area contributed by atoms with Crippen LogP contribution in [0.25, 0.3) is 0 Å². The zero-order valence-electron chi connectivity index (χ0n) is 10.7. The molecule has 4 nitrogen and oxygen atoms in total. The van der Waals surface area contributed by atoms with Crippen molar-refractivity contribution in [2.45, 2.75) is 6.54 Å². The second-order valence-corrected chi connectivity index (χ2v) is 5.00. The maximum atomic E-state index is 12.2. The zero-order chi connectivity index (χ0) is 14.7. The van der Waals surface area contributed by atoms with Crippen LogP contribution in [0.15, 0.2) is 41.3 Å². The first-order chi connectivity index (χ1) is 9.52. The third kappa shape index (κ3) is 3.03. The maximum Gasteiger partial charge on any atom is 0.263 e. The molecule has 0 spiro atoms. The molecular weight excluding hydrogens is 299 g/mol. The van der Waals surface area contributed by atoms with E-state index in [1.807, 2.05) is 0 Å². The molecule has 1 heterocycles. The highest BCUT2D eigenvalue weighted by Gasteiger charge is 2.10. The van der Waals surface area contributed by atoms with Gasteiger partial charge in [0.25, 0.3) is 11.5 Å². The molecule has 1 aromatic carbocycles. The number of carbonyl (C=O) groups excluding carboxylic acids is 1. The lowest BCUT2D eigenvalue weighted by atomic mass is 10.2. The molecule has 6 heteroatoms. The molecule has 0 bridgehead atoms. The fraction of sp³-hybridized carbons (Fsp3) is 0.143. The Morgan fingerprint density at radius 2 is 2.00 bits per heavy atom. The molecule has 104 valence electrons. The summed E-state index contributed by atoms with van der Waals surface area (Å²) in [5.41, 5.74) is 0.587. The van der Waals surface area contributed by atoms with Gasteiger partial charge in [0.05, 0.1) is 16.6 Å². The highest BCUT2D eigenvalue weighted by atomic mass is 35.5. The van der Waals surface area contributed by atoms with Gasteiger partial charge in [-0.3, -0.25) is 9.59 Å². The number of rotatable bonds is 3. The normalized spacial score (nSPS) is 10.3. The van der Waals surface area contributed by atoms with Crippen molar-refractivity contribution in [2.75, 3.05) is 7.05 Å². The molecule has 0 saturated carbocycles. The molecule has 0 aliphatic carbocycles. The quantitative estimate of drug-likeness (QED) is 0.947. The lowest BCUT2D eigenvalue weighted by Gasteiger charge is -2.08. The van der Waals surface area contributed by atoms with Crippen LogP contribution in [-0.2, 0) is 6.54 Å². The van der Waals surface area contributed by atoms with E-state index in [9.17, 15) is 9.59 Å². The minimum absolute atomic E-state index is 0.107. The van der Waals surface area contributed by atoms with E-state index in [4.69, 9.17) is 23.2 Å². The first-order valence-electron chi connectivity index (χ1n) is 5.88. The van der Waals surface area contributed by atoms with E-state index >= 15 is 0 Å². The van der Waals surface area contributed by atoms with Gasteiger partial charge in [0.2, 0.25) is 0 Å². The summed E-state index contributed by atoms with van der Waals surface area (Å²) in [6, 6.07) is 8.30. The van der Waals surface area contributed by atoms with Gasteiger partial charge in [0, 0.05) is 13.2 Å². The van der Waals surface area contributed by atoms with Crippen molar-refractivity contribution >= 4 is 29.1 Å². The standard InChI is InChI=1S/C14H12Cl2N2O2/c1-17-13(19)10-3-2-6-18(14(10)20)8-9-4-5-11(15)12(16)7-9/h2-7H,8H2,1H3,(H,17,19). The molecule has 2 rings (SSSR count). The molecule has 0 fully saturated rings.